The number of rotatable bonds is 6. The van der Waals surface area contributed by atoms with Gasteiger partial charge in [0.15, 0.2) is 0 Å². The van der Waals surface area contributed by atoms with E-state index in [1.54, 1.807) is 19.1 Å². The van der Waals surface area contributed by atoms with Crippen LogP contribution < -0.4 is 11.1 Å². The summed E-state index contributed by atoms with van der Waals surface area (Å²) in [5, 5.41) is 11.4. The Bertz CT molecular complexity index is 453. The molecule has 0 fully saturated rings. The monoisotopic (exact) mass is 265 g/mol. The number of aromatic nitrogens is 1. The largest absolute Gasteiger partial charge is 0.481 e. The summed E-state index contributed by atoms with van der Waals surface area (Å²) in [5.74, 6) is -1.10. The molecule has 104 valence electrons. The van der Waals surface area contributed by atoms with Crippen LogP contribution in [-0.2, 0) is 16.0 Å². The second-order valence-electron chi connectivity index (χ2n) is 4.68. The Morgan fingerprint density at radius 1 is 1.47 bits per heavy atom. The SMILES string of the molecule is CCC(C)(CN)C(=O)Nc1ccc(CC(=O)O)nc1. The molecule has 0 aliphatic rings. The van der Waals surface area contributed by atoms with Gasteiger partial charge in [0.1, 0.15) is 0 Å². The van der Waals surface area contributed by atoms with Crippen molar-refractivity contribution in [3.63, 3.8) is 0 Å². The Morgan fingerprint density at radius 3 is 2.58 bits per heavy atom. The van der Waals surface area contributed by atoms with Crippen LogP contribution in [0.3, 0.4) is 0 Å². The summed E-state index contributed by atoms with van der Waals surface area (Å²) in [4.78, 5) is 26.5. The molecule has 6 nitrogen and oxygen atoms in total. The van der Waals surface area contributed by atoms with E-state index in [-0.39, 0.29) is 18.9 Å². The fraction of sp³-hybridized carbons (Fsp3) is 0.462. The van der Waals surface area contributed by atoms with Crippen molar-refractivity contribution in [2.24, 2.45) is 11.1 Å². The van der Waals surface area contributed by atoms with Gasteiger partial charge in [-0.15, -0.1) is 0 Å². The van der Waals surface area contributed by atoms with Crippen LogP contribution in [0.25, 0.3) is 0 Å². The van der Waals surface area contributed by atoms with Crippen LogP contribution in [0.5, 0.6) is 0 Å². The van der Waals surface area contributed by atoms with Gasteiger partial charge in [0, 0.05) is 6.54 Å². The van der Waals surface area contributed by atoms with Gasteiger partial charge in [0.2, 0.25) is 5.91 Å². The molecule has 0 spiro atoms. The molecule has 1 heterocycles. The number of nitrogens with two attached hydrogens (primary N) is 1. The molecular weight excluding hydrogens is 246 g/mol. The lowest BCUT2D eigenvalue weighted by Gasteiger charge is -2.24. The van der Waals surface area contributed by atoms with Gasteiger partial charge in [-0.05, 0) is 25.5 Å². The Morgan fingerprint density at radius 2 is 2.16 bits per heavy atom. The quantitative estimate of drug-likeness (QED) is 0.712. The van der Waals surface area contributed by atoms with Crippen molar-refractivity contribution >= 4 is 17.6 Å². The maximum Gasteiger partial charge on any atom is 0.309 e. The average Bonchev–Trinajstić information content (AvgIpc) is 2.39. The molecule has 1 amide bonds. The topological polar surface area (TPSA) is 105 Å². The highest BCUT2D eigenvalue weighted by Gasteiger charge is 2.29. The average molecular weight is 265 g/mol. The Kier molecular flexibility index (Phi) is 5.00. The lowest BCUT2D eigenvalue weighted by molar-refractivity contribution is -0.136. The van der Waals surface area contributed by atoms with Gasteiger partial charge in [-0.2, -0.15) is 0 Å². The van der Waals surface area contributed by atoms with Crippen molar-refractivity contribution in [2.45, 2.75) is 26.7 Å². The maximum atomic E-state index is 12.0. The molecule has 1 aromatic heterocycles. The van der Waals surface area contributed by atoms with Gasteiger partial charge in [-0.1, -0.05) is 6.92 Å². The molecule has 1 atom stereocenters. The minimum atomic E-state index is -0.939. The first-order valence-electron chi connectivity index (χ1n) is 6.09. The Balaban J connectivity index is 2.73. The fourth-order valence-corrected chi connectivity index (χ4v) is 1.44. The third kappa shape index (κ3) is 4.03. The second kappa shape index (κ2) is 6.29. The molecule has 6 heteroatoms. The minimum absolute atomic E-state index is 0.135. The lowest BCUT2D eigenvalue weighted by atomic mass is 9.86. The summed E-state index contributed by atoms with van der Waals surface area (Å²) in [6.45, 7) is 3.97. The zero-order chi connectivity index (χ0) is 14.5. The van der Waals surface area contributed by atoms with Gasteiger partial charge in [-0.25, -0.2) is 0 Å². The van der Waals surface area contributed by atoms with E-state index in [1.165, 1.54) is 6.20 Å². The molecule has 1 rings (SSSR count). The molecule has 1 aromatic rings. The van der Waals surface area contributed by atoms with Crippen LogP contribution in [0.2, 0.25) is 0 Å². The first-order chi connectivity index (χ1) is 8.91. The third-order valence-corrected chi connectivity index (χ3v) is 3.19. The van der Waals surface area contributed by atoms with Crippen molar-refractivity contribution in [3.8, 4) is 0 Å². The van der Waals surface area contributed by atoms with Crippen molar-refractivity contribution in [1.82, 2.24) is 4.98 Å². The molecule has 0 saturated carbocycles. The predicted molar refractivity (Wildman–Crippen MR) is 71.7 cm³/mol. The molecule has 0 bridgehead atoms. The number of aliphatic carboxylic acids is 1. The van der Waals surface area contributed by atoms with Crippen molar-refractivity contribution in [1.29, 1.82) is 0 Å². The number of anilines is 1. The molecule has 4 N–H and O–H groups in total. The van der Waals surface area contributed by atoms with Crippen LogP contribution >= 0.6 is 0 Å². The zero-order valence-electron chi connectivity index (χ0n) is 11.1. The first kappa shape index (κ1) is 15.1. The number of nitrogens with zero attached hydrogens (tertiary/aromatic N) is 1. The van der Waals surface area contributed by atoms with Crippen molar-refractivity contribution in [2.75, 3.05) is 11.9 Å². The number of carboxylic acid groups (broad SMARTS) is 1. The highest BCUT2D eigenvalue weighted by Crippen LogP contribution is 2.21. The number of hydrogen-bond acceptors (Lipinski definition) is 4. The van der Waals surface area contributed by atoms with Crippen molar-refractivity contribution in [3.05, 3.63) is 24.0 Å². The molecule has 0 radical (unpaired) electrons. The number of carboxylic acids is 1. The van der Waals surface area contributed by atoms with Gasteiger partial charge >= 0.3 is 5.97 Å². The van der Waals surface area contributed by atoms with E-state index in [0.29, 0.717) is 17.8 Å². The second-order valence-corrected chi connectivity index (χ2v) is 4.68. The van der Waals surface area contributed by atoms with E-state index < -0.39 is 11.4 Å². The molecule has 1 unspecified atom stereocenters. The van der Waals surface area contributed by atoms with Crippen molar-refractivity contribution < 1.29 is 14.7 Å². The smallest absolute Gasteiger partial charge is 0.309 e. The lowest BCUT2D eigenvalue weighted by Crippen LogP contribution is -2.39. The maximum absolute atomic E-state index is 12.0. The van der Waals surface area contributed by atoms with Gasteiger partial charge in [0.05, 0.1) is 29.4 Å². The normalized spacial score (nSPS) is 13.6. The number of pyridine rings is 1. The van der Waals surface area contributed by atoms with Gasteiger partial charge < -0.3 is 16.2 Å². The van der Waals surface area contributed by atoms with E-state index in [2.05, 4.69) is 10.3 Å². The van der Waals surface area contributed by atoms with Crippen LogP contribution in [0.15, 0.2) is 18.3 Å². The number of amides is 1. The predicted octanol–water partition coefficient (Wildman–Crippen LogP) is 1.02. The number of carbonyl (C=O) groups excluding carboxylic acids is 1. The Hall–Kier alpha value is -1.95. The van der Waals surface area contributed by atoms with E-state index in [4.69, 9.17) is 10.8 Å². The van der Waals surface area contributed by atoms with E-state index in [0.717, 1.165) is 0 Å². The highest BCUT2D eigenvalue weighted by molar-refractivity contribution is 5.95. The molecular formula is C13H19N3O3. The molecule has 19 heavy (non-hydrogen) atoms. The zero-order valence-corrected chi connectivity index (χ0v) is 11.1. The molecule has 0 saturated heterocycles. The molecule has 0 aliphatic carbocycles. The number of nitrogens with one attached hydrogen (secondary N) is 1. The van der Waals surface area contributed by atoms with Gasteiger partial charge in [0.25, 0.3) is 0 Å². The highest BCUT2D eigenvalue weighted by atomic mass is 16.4. The summed E-state index contributed by atoms with van der Waals surface area (Å²) in [6.07, 6.45) is 1.95. The van der Waals surface area contributed by atoms with Crippen LogP contribution in [-0.4, -0.2) is 28.5 Å². The number of hydrogen-bond donors (Lipinski definition) is 3. The summed E-state index contributed by atoms with van der Waals surface area (Å²) < 4.78 is 0. The van der Waals surface area contributed by atoms with Crippen LogP contribution in [0.4, 0.5) is 5.69 Å². The number of carbonyl (C=O) groups is 2. The summed E-state index contributed by atoms with van der Waals surface area (Å²) >= 11 is 0. The van der Waals surface area contributed by atoms with Crippen LogP contribution in [0, 0.1) is 5.41 Å². The van der Waals surface area contributed by atoms with E-state index in [9.17, 15) is 9.59 Å². The summed E-state index contributed by atoms with van der Waals surface area (Å²) in [6, 6.07) is 3.21. The van der Waals surface area contributed by atoms with Gasteiger partial charge in [-0.3, -0.25) is 14.6 Å². The molecule has 0 aliphatic heterocycles. The minimum Gasteiger partial charge on any atom is -0.481 e. The first-order valence-corrected chi connectivity index (χ1v) is 6.09. The summed E-state index contributed by atoms with van der Waals surface area (Å²) in [7, 11) is 0. The third-order valence-electron chi connectivity index (χ3n) is 3.19. The van der Waals surface area contributed by atoms with E-state index >= 15 is 0 Å². The Labute approximate surface area is 112 Å². The summed E-state index contributed by atoms with van der Waals surface area (Å²) in [5.41, 5.74) is 5.98. The standard InChI is InChI=1S/C13H19N3O3/c1-3-13(2,8-14)12(19)16-10-5-4-9(15-7-10)6-11(17)18/h4-5,7H,3,6,8,14H2,1-2H3,(H,16,19)(H,17,18). The molecule has 0 aromatic carbocycles. The van der Waals surface area contributed by atoms with E-state index in [1.807, 2.05) is 6.92 Å². The van der Waals surface area contributed by atoms with Crippen LogP contribution in [0.1, 0.15) is 26.0 Å². The fourth-order valence-electron chi connectivity index (χ4n) is 1.44.